The smallest absolute Gasteiger partial charge is 0.316 e. The number of carbonyl (C=O) groups is 1. The van der Waals surface area contributed by atoms with Gasteiger partial charge in [-0.2, -0.15) is 0 Å². The van der Waals surface area contributed by atoms with Gasteiger partial charge in [0.25, 0.3) is 0 Å². The highest BCUT2D eigenvalue weighted by molar-refractivity contribution is 5.76. The van der Waals surface area contributed by atoms with E-state index in [1.807, 2.05) is 0 Å². The highest BCUT2D eigenvalue weighted by Gasteiger charge is 2.45. The third-order valence-corrected chi connectivity index (χ3v) is 1.76. The number of carbonyl (C=O) groups excluding carboxylic acids is 1. The third-order valence-electron chi connectivity index (χ3n) is 1.76. The van der Waals surface area contributed by atoms with Crippen LogP contribution in [0.3, 0.4) is 0 Å². The lowest BCUT2D eigenvalue weighted by Crippen LogP contribution is -2.09. The molecule has 1 aliphatic rings. The Morgan fingerprint density at radius 1 is 1.69 bits per heavy atom. The maximum absolute atomic E-state index is 11.7. The molecule has 0 spiro atoms. The molecule has 0 bridgehead atoms. The summed E-state index contributed by atoms with van der Waals surface area (Å²) in [5.74, 6) is -0.482. The number of hydrogen-bond donors (Lipinski definition) is 0. The average Bonchev–Trinajstić information content (AvgIpc) is 2.90. The van der Waals surface area contributed by atoms with Gasteiger partial charge in [0.05, 0.1) is 24.9 Å². The molecule has 3 nitrogen and oxygen atoms in total. The molecule has 0 radical (unpaired) electrons. The van der Waals surface area contributed by atoms with Gasteiger partial charge in [-0.3, -0.25) is 4.79 Å². The zero-order valence-electron chi connectivity index (χ0n) is 7.53. The average molecular weight is 188 g/mol. The maximum Gasteiger partial charge on any atom is 0.316 e. The molecule has 13 heavy (non-hydrogen) atoms. The van der Waals surface area contributed by atoms with E-state index in [1.54, 1.807) is 13.0 Å². The Kier molecular flexibility index (Phi) is 3.89. The van der Waals surface area contributed by atoms with Gasteiger partial charge in [0.1, 0.15) is 6.67 Å². The Labute approximate surface area is 76.5 Å². The second kappa shape index (κ2) is 4.97. The predicted octanol–water partition coefficient (Wildman–Crippen LogP) is 1.44. The van der Waals surface area contributed by atoms with Crippen molar-refractivity contribution in [3.8, 4) is 0 Å². The van der Waals surface area contributed by atoms with Crippen LogP contribution in [0.5, 0.6) is 0 Å². The number of alkyl halides is 1. The minimum atomic E-state index is -0.507. The molecule has 1 fully saturated rings. The molecule has 0 aromatic rings. The van der Waals surface area contributed by atoms with E-state index in [9.17, 15) is 9.18 Å². The van der Waals surface area contributed by atoms with E-state index in [-0.39, 0.29) is 24.6 Å². The number of halogens is 1. The number of rotatable bonds is 5. The van der Waals surface area contributed by atoms with Crippen molar-refractivity contribution in [3.05, 3.63) is 12.3 Å². The molecule has 0 saturated heterocycles. The third kappa shape index (κ3) is 3.14. The molecule has 4 heteroatoms. The van der Waals surface area contributed by atoms with Crippen molar-refractivity contribution in [1.82, 2.24) is 0 Å². The SMILES string of the molecule is CC=COC(=O)C1CC1OCCF. The standard InChI is InChI=1S/C9H13FO3/c1-2-4-13-9(11)7-6-8(7)12-5-3-10/h2,4,7-8H,3,5-6H2,1H3. The fourth-order valence-corrected chi connectivity index (χ4v) is 1.02. The van der Waals surface area contributed by atoms with Gasteiger partial charge in [0.2, 0.25) is 0 Å². The molecule has 1 rings (SSSR count). The maximum atomic E-state index is 11.7. The number of esters is 1. The largest absolute Gasteiger partial charge is 0.435 e. The lowest BCUT2D eigenvalue weighted by Gasteiger charge is -1.99. The first kappa shape index (κ1) is 10.2. The highest BCUT2D eigenvalue weighted by Crippen LogP contribution is 2.34. The minimum absolute atomic E-state index is 0.0675. The van der Waals surface area contributed by atoms with E-state index in [4.69, 9.17) is 9.47 Å². The van der Waals surface area contributed by atoms with Crippen LogP contribution in [0.25, 0.3) is 0 Å². The second-order valence-electron chi connectivity index (χ2n) is 2.85. The van der Waals surface area contributed by atoms with E-state index in [2.05, 4.69) is 0 Å². The monoisotopic (exact) mass is 188 g/mol. The van der Waals surface area contributed by atoms with E-state index in [0.29, 0.717) is 6.42 Å². The lowest BCUT2D eigenvalue weighted by molar-refractivity contribution is -0.140. The van der Waals surface area contributed by atoms with Crippen molar-refractivity contribution in [2.45, 2.75) is 19.4 Å². The molecule has 1 aliphatic carbocycles. The summed E-state index contributed by atoms with van der Waals surface area (Å²) in [4.78, 5) is 11.1. The van der Waals surface area contributed by atoms with Gasteiger partial charge in [-0.15, -0.1) is 0 Å². The topological polar surface area (TPSA) is 35.5 Å². The molecule has 1 saturated carbocycles. The van der Waals surface area contributed by atoms with Gasteiger partial charge >= 0.3 is 5.97 Å². The summed E-state index contributed by atoms with van der Waals surface area (Å²) in [7, 11) is 0. The first-order valence-corrected chi connectivity index (χ1v) is 4.28. The van der Waals surface area contributed by atoms with Crippen LogP contribution < -0.4 is 0 Å². The summed E-state index contributed by atoms with van der Waals surface area (Å²) >= 11 is 0. The molecule has 2 unspecified atom stereocenters. The summed E-state index contributed by atoms with van der Waals surface area (Å²) < 4.78 is 21.4. The Hall–Kier alpha value is -0.900. The van der Waals surface area contributed by atoms with Crippen LogP contribution in [-0.4, -0.2) is 25.4 Å². The fraction of sp³-hybridized carbons (Fsp3) is 0.667. The molecule has 0 aliphatic heterocycles. The Morgan fingerprint density at radius 2 is 2.46 bits per heavy atom. The second-order valence-corrected chi connectivity index (χ2v) is 2.85. The van der Waals surface area contributed by atoms with Gasteiger partial charge in [-0.05, 0) is 13.3 Å². The highest BCUT2D eigenvalue weighted by atomic mass is 19.1. The van der Waals surface area contributed by atoms with Crippen LogP contribution >= 0.6 is 0 Å². The van der Waals surface area contributed by atoms with Gasteiger partial charge in [-0.1, -0.05) is 6.08 Å². The van der Waals surface area contributed by atoms with Crippen LogP contribution in [0.2, 0.25) is 0 Å². The molecule has 2 atom stereocenters. The van der Waals surface area contributed by atoms with E-state index >= 15 is 0 Å². The molecule has 74 valence electrons. The van der Waals surface area contributed by atoms with Crippen LogP contribution in [0, 0.1) is 5.92 Å². The van der Waals surface area contributed by atoms with E-state index in [1.165, 1.54) is 6.26 Å². The van der Waals surface area contributed by atoms with Crippen molar-refractivity contribution in [2.24, 2.45) is 5.92 Å². The number of ether oxygens (including phenoxy) is 2. The van der Waals surface area contributed by atoms with Crippen molar-refractivity contribution in [3.63, 3.8) is 0 Å². The van der Waals surface area contributed by atoms with Crippen LogP contribution in [0.4, 0.5) is 4.39 Å². The Balaban J connectivity index is 2.14. The summed E-state index contributed by atoms with van der Waals surface area (Å²) in [6.07, 6.45) is 3.49. The van der Waals surface area contributed by atoms with Gasteiger partial charge < -0.3 is 9.47 Å². The van der Waals surface area contributed by atoms with Gasteiger partial charge in [0.15, 0.2) is 0 Å². The van der Waals surface area contributed by atoms with E-state index < -0.39 is 6.67 Å². The molecule has 0 N–H and O–H groups in total. The zero-order chi connectivity index (χ0) is 9.68. The van der Waals surface area contributed by atoms with E-state index in [0.717, 1.165) is 0 Å². The molecule has 0 aromatic carbocycles. The molecular formula is C9H13FO3. The van der Waals surface area contributed by atoms with Crippen molar-refractivity contribution in [1.29, 1.82) is 0 Å². The molecular weight excluding hydrogens is 175 g/mol. The van der Waals surface area contributed by atoms with Crippen molar-refractivity contribution in [2.75, 3.05) is 13.3 Å². The summed E-state index contributed by atoms with van der Waals surface area (Å²) in [5.41, 5.74) is 0. The fourth-order valence-electron chi connectivity index (χ4n) is 1.02. The molecule has 0 heterocycles. The molecule has 0 amide bonds. The first-order chi connectivity index (χ1) is 6.29. The normalized spacial score (nSPS) is 26.3. The van der Waals surface area contributed by atoms with Crippen LogP contribution in [0.15, 0.2) is 12.3 Å². The van der Waals surface area contributed by atoms with Gasteiger partial charge in [-0.25, -0.2) is 4.39 Å². The summed E-state index contributed by atoms with van der Waals surface area (Å²) in [6.45, 7) is 1.32. The van der Waals surface area contributed by atoms with Crippen LogP contribution in [0.1, 0.15) is 13.3 Å². The molecule has 0 aromatic heterocycles. The minimum Gasteiger partial charge on any atom is -0.435 e. The van der Waals surface area contributed by atoms with Crippen LogP contribution in [-0.2, 0) is 14.3 Å². The van der Waals surface area contributed by atoms with Crippen molar-refractivity contribution >= 4 is 5.97 Å². The first-order valence-electron chi connectivity index (χ1n) is 4.28. The quantitative estimate of drug-likeness (QED) is 0.483. The number of hydrogen-bond acceptors (Lipinski definition) is 3. The predicted molar refractivity (Wildman–Crippen MR) is 44.7 cm³/mol. The van der Waals surface area contributed by atoms with Gasteiger partial charge in [0, 0.05) is 0 Å². The summed E-state index contributed by atoms with van der Waals surface area (Å²) in [6, 6.07) is 0. The Bertz CT molecular complexity index is 203. The lowest BCUT2D eigenvalue weighted by atomic mass is 10.4. The number of allylic oxidation sites excluding steroid dienone is 1. The zero-order valence-corrected chi connectivity index (χ0v) is 7.53. The summed E-state index contributed by atoms with van der Waals surface area (Å²) in [5, 5.41) is 0. The van der Waals surface area contributed by atoms with Crippen molar-refractivity contribution < 1.29 is 18.7 Å². The Morgan fingerprint density at radius 3 is 3.08 bits per heavy atom.